The Kier molecular flexibility index (Phi) is 2.82. The van der Waals surface area contributed by atoms with E-state index in [9.17, 15) is 11.0 Å². The first-order chi connectivity index (χ1) is 35.3. The molecule has 4 aromatic heterocycles. The van der Waals surface area contributed by atoms with Gasteiger partial charge in [-0.15, -0.1) is 0 Å². The lowest BCUT2D eigenvalue weighted by molar-refractivity contribution is 0.666. The van der Waals surface area contributed by atoms with E-state index >= 15 is 0 Å². The molecule has 0 unspecified atom stereocenters. The minimum Gasteiger partial charge on any atom is -0.452 e. The molecule has 0 radical (unpaired) electrons. The van der Waals surface area contributed by atoms with Gasteiger partial charge in [0.25, 0.3) is 0 Å². The SMILES string of the molecule is [2H]c1c([2H])c([2H])c(-c2nc(-n3c4c([2H])c([2H])c([2H])c([2H])c4c4c([2H])c(-c5c([2H])c([2H])c6c(c5[2H])c5c([2H])c([2H])c([2H])c([2H])c5n6-c5c([2H])c([2H])c([2H])c([2H])c5[2H])c([2H])c([2H])c43)nc3c2oc2ccccc23)c([2H])c1[2H]. The number of para-hydroxylation sites is 4. The summed E-state index contributed by atoms with van der Waals surface area (Å²) in [4.78, 5) is 9.40. The molecular formula is C46H28N4O. The third-order valence-electron chi connectivity index (χ3n) is 8.42. The lowest BCUT2D eigenvalue weighted by Crippen LogP contribution is -2.02. The molecule has 0 amide bonds. The average molecular weight is 677 g/mol. The predicted molar refractivity (Wildman–Crippen MR) is 209 cm³/mol. The van der Waals surface area contributed by atoms with Crippen LogP contribution in [0, 0.1) is 0 Å². The second-order valence-corrected chi connectivity index (χ2v) is 11.2. The topological polar surface area (TPSA) is 48.8 Å². The summed E-state index contributed by atoms with van der Waals surface area (Å²) >= 11 is 0. The molecule has 0 fully saturated rings. The van der Waals surface area contributed by atoms with E-state index in [1.54, 1.807) is 24.3 Å². The van der Waals surface area contributed by atoms with Crippen LogP contribution in [-0.2, 0) is 0 Å². The van der Waals surface area contributed by atoms with E-state index in [-0.39, 0.29) is 22.4 Å². The summed E-state index contributed by atoms with van der Waals surface area (Å²) in [5.74, 6) is -0.548. The van der Waals surface area contributed by atoms with E-state index in [4.69, 9.17) is 31.3 Å². The molecule has 5 heteroatoms. The van der Waals surface area contributed by atoms with Crippen LogP contribution in [0.2, 0.25) is 0 Å². The van der Waals surface area contributed by atoms with Crippen LogP contribution in [0.5, 0.6) is 0 Å². The molecule has 0 atom stereocenters. The molecule has 11 aromatic rings. The van der Waals surface area contributed by atoms with Gasteiger partial charge in [0, 0.05) is 38.2 Å². The van der Waals surface area contributed by atoms with Gasteiger partial charge in [0.05, 0.1) is 55.0 Å². The third kappa shape index (κ3) is 4.15. The second kappa shape index (κ2) is 10.8. The molecule has 4 heterocycles. The number of nitrogens with zero attached hydrogens (tertiary/aromatic N) is 4. The first-order valence-corrected chi connectivity index (χ1v) is 15.2. The maximum atomic E-state index is 9.92. The smallest absolute Gasteiger partial charge is 0.236 e. The molecule has 5 nitrogen and oxygen atoms in total. The van der Waals surface area contributed by atoms with Crippen molar-refractivity contribution in [1.82, 2.24) is 19.1 Å². The number of furan rings is 1. The summed E-state index contributed by atoms with van der Waals surface area (Å²) in [6.07, 6.45) is 0. The van der Waals surface area contributed by atoms with Gasteiger partial charge in [-0.1, -0.05) is 109 Å². The van der Waals surface area contributed by atoms with Crippen LogP contribution in [0.15, 0.2) is 174 Å². The van der Waals surface area contributed by atoms with E-state index in [1.807, 2.05) is 0 Å². The minimum absolute atomic E-state index is 0.0247. The van der Waals surface area contributed by atoms with Crippen molar-refractivity contribution in [2.45, 2.75) is 0 Å². The Balaban J connectivity index is 1.33. The molecule has 0 N–H and O–H groups in total. The molecule has 0 aliphatic rings. The van der Waals surface area contributed by atoms with Gasteiger partial charge in [0.1, 0.15) is 16.8 Å². The van der Waals surface area contributed by atoms with Crippen molar-refractivity contribution in [2.24, 2.45) is 0 Å². The summed E-state index contributed by atoms with van der Waals surface area (Å²) in [5.41, 5.74) is -5.09. The van der Waals surface area contributed by atoms with Gasteiger partial charge in [-0.25, -0.2) is 9.97 Å². The summed E-state index contributed by atoms with van der Waals surface area (Å²) < 4.78 is 223. The Hall–Kier alpha value is -6.98. The van der Waals surface area contributed by atoms with Crippen LogP contribution in [0.1, 0.15) is 32.9 Å². The quantitative estimate of drug-likeness (QED) is 0.186. The molecule has 0 spiro atoms. The highest BCUT2D eigenvalue weighted by Gasteiger charge is 2.21. The van der Waals surface area contributed by atoms with Crippen molar-refractivity contribution in [2.75, 3.05) is 0 Å². The average Bonchev–Trinajstić information content (AvgIpc) is 4.14. The summed E-state index contributed by atoms with van der Waals surface area (Å²) in [6.45, 7) is 0. The van der Waals surface area contributed by atoms with Crippen molar-refractivity contribution < 1.29 is 37.3 Å². The zero-order valence-electron chi connectivity index (χ0n) is 49.5. The summed E-state index contributed by atoms with van der Waals surface area (Å²) in [5, 5.41) is -1.69. The van der Waals surface area contributed by atoms with Crippen molar-refractivity contribution >= 4 is 65.7 Å². The van der Waals surface area contributed by atoms with Crippen LogP contribution < -0.4 is 0 Å². The van der Waals surface area contributed by atoms with Gasteiger partial charge in [-0.3, -0.25) is 4.57 Å². The van der Waals surface area contributed by atoms with E-state index < -0.39 is 217 Å². The number of benzene rings is 7. The molecule has 11 rings (SSSR count). The highest BCUT2D eigenvalue weighted by molar-refractivity contribution is 6.13. The fraction of sp³-hybridized carbons (Fsp3) is 0. The Bertz CT molecular complexity index is 4480. The van der Waals surface area contributed by atoms with Gasteiger partial charge in [0.15, 0.2) is 5.58 Å². The number of hydrogen-bond acceptors (Lipinski definition) is 3. The number of rotatable bonds is 4. The standard InChI is InChI=1S/C46H28N4O/c1-3-13-29(14-4-1)43-45-44(35-19-9-12-22-42(35)51-45)48-46(47-43)50-39-21-11-8-18-34(39)37-28-31(24-26-41(37)50)30-23-25-40-36(27-30)33-17-7-10-20-38(33)49(40)32-15-5-2-6-16-32/h1-28H/i1D,2D,3D,4D,5D,6D,7D,8D,10D,11D,13D,14D,15D,16D,17D,18D,20D,21D,23D,24D,25D,26D,27D,28D. The lowest BCUT2D eigenvalue weighted by Gasteiger charge is -2.10. The van der Waals surface area contributed by atoms with Gasteiger partial charge in [0.2, 0.25) is 5.95 Å². The van der Waals surface area contributed by atoms with Gasteiger partial charge >= 0.3 is 0 Å². The molecule has 51 heavy (non-hydrogen) atoms. The van der Waals surface area contributed by atoms with Crippen LogP contribution in [0.4, 0.5) is 0 Å². The Morgan fingerprint density at radius 1 is 0.471 bits per heavy atom. The predicted octanol–water partition coefficient (Wildman–Crippen LogP) is 11.9. The maximum absolute atomic E-state index is 9.92. The van der Waals surface area contributed by atoms with E-state index in [0.29, 0.717) is 5.39 Å². The zero-order chi connectivity index (χ0) is 54.4. The van der Waals surface area contributed by atoms with Crippen LogP contribution in [-0.4, -0.2) is 19.1 Å². The second-order valence-electron chi connectivity index (χ2n) is 11.2. The summed E-state index contributed by atoms with van der Waals surface area (Å²) in [6, 6.07) is -13.4. The normalized spacial score (nSPS) is 18.5. The molecule has 0 saturated heterocycles. The molecule has 0 aliphatic carbocycles. The number of aromatic nitrogens is 4. The van der Waals surface area contributed by atoms with Crippen molar-refractivity contribution in [3.8, 4) is 34.0 Å². The van der Waals surface area contributed by atoms with Crippen molar-refractivity contribution in [3.05, 3.63) is 169 Å². The van der Waals surface area contributed by atoms with Crippen molar-refractivity contribution in [3.63, 3.8) is 0 Å². The largest absolute Gasteiger partial charge is 0.452 e. The third-order valence-corrected chi connectivity index (χ3v) is 8.42. The van der Waals surface area contributed by atoms with Crippen LogP contribution in [0.25, 0.3) is 99.7 Å². The fourth-order valence-corrected chi connectivity index (χ4v) is 6.27. The number of hydrogen-bond donors (Lipinski definition) is 0. The van der Waals surface area contributed by atoms with Gasteiger partial charge in [-0.05, 0) is 71.6 Å². The fourth-order valence-electron chi connectivity index (χ4n) is 6.27. The first-order valence-electron chi connectivity index (χ1n) is 27.2. The van der Waals surface area contributed by atoms with E-state index in [0.717, 1.165) is 9.13 Å². The number of fused-ring (bicyclic) bond motifs is 9. The molecule has 0 bridgehead atoms. The first kappa shape index (κ1) is 13.4. The summed E-state index contributed by atoms with van der Waals surface area (Å²) in [7, 11) is 0. The molecule has 0 aliphatic heterocycles. The highest BCUT2D eigenvalue weighted by atomic mass is 16.3. The Morgan fingerprint density at radius 2 is 1.04 bits per heavy atom. The van der Waals surface area contributed by atoms with Gasteiger partial charge < -0.3 is 8.98 Å². The monoisotopic (exact) mass is 676 g/mol. The highest BCUT2D eigenvalue weighted by Crippen LogP contribution is 2.39. The molecular weight excluding hydrogens is 625 g/mol. The van der Waals surface area contributed by atoms with Crippen LogP contribution >= 0.6 is 0 Å². The lowest BCUT2D eigenvalue weighted by atomic mass is 10.0. The van der Waals surface area contributed by atoms with E-state index in [2.05, 4.69) is 4.98 Å². The van der Waals surface area contributed by atoms with Crippen LogP contribution in [0.3, 0.4) is 0 Å². The zero-order valence-corrected chi connectivity index (χ0v) is 25.5. The minimum atomic E-state index is -0.963. The molecule has 238 valence electrons. The molecule has 7 aromatic carbocycles. The van der Waals surface area contributed by atoms with Gasteiger partial charge in [-0.2, -0.15) is 0 Å². The van der Waals surface area contributed by atoms with E-state index in [1.165, 1.54) is 0 Å². The molecule has 0 saturated carbocycles. The van der Waals surface area contributed by atoms with Crippen molar-refractivity contribution in [1.29, 1.82) is 0 Å². The Labute approximate surface area is 326 Å². The maximum Gasteiger partial charge on any atom is 0.236 e. The Morgan fingerprint density at radius 3 is 1.75 bits per heavy atom.